The van der Waals surface area contributed by atoms with E-state index in [0.717, 1.165) is 17.2 Å². The fourth-order valence-corrected chi connectivity index (χ4v) is 2.32. The van der Waals surface area contributed by atoms with E-state index >= 15 is 0 Å². The quantitative estimate of drug-likeness (QED) is 0.760. The number of nitrogens with one attached hydrogen (secondary N) is 2. The molecule has 0 bridgehead atoms. The summed E-state index contributed by atoms with van der Waals surface area (Å²) in [6, 6.07) is 0.999. The molecular formula is C11H13N5O3S. The number of nitrogens with zero attached hydrogens (tertiary/aromatic N) is 3. The molecule has 0 radical (unpaired) electrons. The smallest absolute Gasteiger partial charge is 0.338 e. The van der Waals surface area contributed by atoms with Crippen molar-refractivity contribution in [2.24, 2.45) is 7.05 Å². The van der Waals surface area contributed by atoms with Crippen molar-refractivity contribution in [2.45, 2.75) is 6.42 Å². The first-order valence-electron chi connectivity index (χ1n) is 5.76. The number of carboxylic acids is 1. The number of urea groups is 1. The first kappa shape index (κ1) is 14.0. The van der Waals surface area contributed by atoms with Crippen LogP contribution in [0.5, 0.6) is 0 Å². The highest BCUT2D eigenvalue weighted by Crippen LogP contribution is 2.22. The summed E-state index contributed by atoms with van der Waals surface area (Å²) < 4.78 is 1.77. The monoisotopic (exact) mass is 295 g/mol. The van der Waals surface area contributed by atoms with E-state index in [1.165, 1.54) is 6.07 Å². The van der Waals surface area contributed by atoms with Crippen molar-refractivity contribution in [1.82, 2.24) is 20.1 Å². The van der Waals surface area contributed by atoms with E-state index in [4.69, 9.17) is 5.11 Å². The Labute approximate surface area is 118 Å². The van der Waals surface area contributed by atoms with Gasteiger partial charge >= 0.3 is 12.0 Å². The molecule has 2 aromatic rings. The molecular weight excluding hydrogens is 282 g/mol. The van der Waals surface area contributed by atoms with Gasteiger partial charge in [-0.1, -0.05) is 0 Å². The van der Waals surface area contributed by atoms with Crippen LogP contribution in [0.3, 0.4) is 0 Å². The Bertz CT molecular complexity index is 621. The molecule has 0 atom stereocenters. The number of thiophene rings is 1. The number of rotatable bonds is 5. The fourth-order valence-electron chi connectivity index (χ4n) is 1.54. The summed E-state index contributed by atoms with van der Waals surface area (Å²) >= 11 is 1.16. The summed E-state index contributed by atoms with van der Waals surface area (Å²) in [6.07, 6.45) is 2.13. The van der Waals surface area contributed by atoms with Gasteiger partial charge in [-0.05, 0) is 11.4 Å². The number of carbonyl (C=O) groups is 2. The lowest BCUT2D eigenvalue weighted by Gasteiger charge is -2.06. The predicted molar refractivity (Wildman–Crippen MR) is 73.0 cm³/mol. The van der Waals surface area contributed by atoms with Gasteiger partial charge in [0.2, 0.25) is 0 Å². The molecule has 0 unspecified atom stereocenters. The molecule has 9 heteroatoms. The molecule has 20 heavy (non-hydrogen) atoms. The maximum atomic E-state index is 11.6. The zero-order valence-electron chi connectivity index (χ0n) is 10.7. The van der Waals surface area contributed by atoms with Crippen molar-refractivity contribution in [1.29, 1.82) is 0 Å². The number of carbonyl (C=O) groups excluding carboxylic acids is 1. The van der Waals surface area contributed by atoms with E-state index in [1.54, 1.807) is 16.3 Å². The molecule has 0 aromatic carbocycles. The van der Waals surface area contributed by atoms with Gasteiger partial charge in [0.1, 0.15) is 17.2 Å². The molecule has 0 fully saturated rings. The molecule has 0 aliphatic heterocycles. The van der Waals surface area contributed by atoms with Crippen LogP contribution in [-0.4, -0.2) is 38.4 Å². The van der Waals surface area contributed by atoms with Gasteiger partial charge in [0.05, 0.1) is 5.56 Å². The zero-order valence-corrected chi connectivity index (χ0v) is 11.5. The number of aromatic nitrogens is 3. The third-order valence-electron chi connectivity index (χ3n) is 2.56. The molecule has 0 saturated heterocycles. The number of carboxylic acid groups (broad SMARTS) is 1. The zero-order chi connectivity index (χ0) is 14.5. The standard InChI is InChI=1S/C11H13N5O3S/c1-16-6-13-15-8(16)2-4-12-11(19)14-9-7(10(17)18)3-5-20-9/h3,5-6H,2,4H2,1H3,(H,17,18)(H2,12,14,19). The lowest BCUT2D eigenvalue weighted by atomic mass is 10.3. The van der Waals surface area contributed by atoms with Gasteiger partial charge in [-0.15, -0.1) is 21.5 Å². The molecule has 3 N–H and O–H groups in total. The normalized spacial score (nSPS) is 10.2. The van der Waals surface area contributed by atoms with Crippen molar-refractivity contribution in [3.8, 4) is 0 Å². The molecule has 8 nitrogen and oxygen atoms in total. The Morgan fingerprint density at radius 1 is 1.50 bits per heavy atom. The van der Waals surface area contributed by atoms with Crippen molar-refractivity contribution < 1.29 is 14.7 Å². The Hall–Kier alpha value is -2.42. The van der Waals surface area contributed by atoms with E-state index in [9.17, 15) is 9.59 Å². The Morgan fingerprint density at radius 2 is 2.30 bits per heavy atom. The van der Waals surface area contributed by atoms with Crippen LogP contribution in [0, 0.1) is 0 Å². The number of anilines is 1. The van der Waals surface area contributed by atoms with Crippen LogP contribution in [0.15, 0.2) is 17.8 Å². The summed E-state index contributed by atoms with van der Waals surface area (Å²) in [5, 5.41) is 23.6. The molecule has 106 valence electrons. The minimum Gasteiger partial charge on any atom is -0.478 e. The average molecular weight is 295 g/mol. The SMILES string of the molecule is Cn1cnnc1CCNC(=O)Nc1sccc1C(=O)O. The number of aromatic carboxylic acids is 1. The van der Waals surface area contributed by atoms with Crippen LogP contribution in [0.2, 0.25) is 0 Å². The van der Waals surface area contributed by atoms with Crippen LogP contribution in [-0.2, 0) is 13.5 Å². The van der Waals surface area contributed by atoms with Gasteiger partial charge in [-0.3, -0.25) is 5.32 Å². The number of hydrogen-bond donors (Lipinski definition) is 3. The second kappa shape index (κ2) is 6.15. The first-order chi connectivity index (χ1) is 9.58. The van der Waals surface area contributed by atoms with Crippen molar-refractivity contribution in [3.05, 3.63) is 29.2 Å². The lowest BCUT2D eigenvalue weighted by molar-refractivity contribution is 0.0698. The topological polar surface area (TPSA) is 109 Å². The van der Waals surface area contributed by atoms with Crippen LogP contribution in [0.1, 0.15) is 16.2 Å². The molecule has 0 aliphatic carbocycles. The van der Waals surface area contributed by atoms with Gasteiger partial charge in [-0.2, -0.15) is 0 Å². The minimum atomic E-state index is -1.07. The van der Waals surface area contributed by atoms with Crippen molar-refractivity contribution >= 4 is 28.3 Å². The Kier molecular flexibility index (Phi) is 4.31. The summed E-state index contributed by atoms with van der Waals surface area (Å²) in [6.45, 7) is 0.381. The highest BCUT2D eigenvalue weighted by atomic mass is 32.1. The maximum absolute atomic E-state index is 11.6. The van der Waals surface area contributed by atoms with E-state index in [-0.39, 0.29) is 5.56 Å². The third kappa shape index (κ3) is 3.32. The van der Waals surface area contributed by atoms with E-state index in [2.05, 4.69) is 20.8 Å². The summed E-state index contributed by atoms with van der Waals surface area (Å²) in [5.74, 6) is -0.312. The van der Waals surface area contributed by atoms with E-state index < -0.39 is 12.0 Å². The average Bonchev–Trinajstić information content (AvgIpc) is 2.99. The molecule has 0 saturated carbocycles. The number of hydrogen-bond acceptors (Lipinski definition) is 5. The van der Waals surface area contributed by atoms with Gasteiger partial charge in [0, 0.05) is 20.0 Å². The van der Waals surface area contributed by atoms with Crippen LogP contribution >= 0.6 is 11.3 Å². The molecule has 2 aromatic heterocycles. The first-order valence-corrected chi connectivity index (χ1v) is 6.64. The molecule has 2 heterocycles. The second-order valence-electron chi connectivity index (χ2n) is 3.96. The summed E-state index contributed by atoms with van der Waals surface area (Å²) in [4.78, 5) is 22.5. The highest BCUT2D eigenvalue weighted by Gasteiger charge is 2.13. The summed E-state index contributed by atoms with van der Waals surface area (Å²) in [7, 11) is 1.82. The Morgan fingerprint density at radius 3 is 2.95 bits per heavy atom. The lowest BCUT2D eigenvalue weighted by Crippen LogP contribution is -2.31. The predicted octanol–water partition coefficient (Wildman–Crippen LogP) is 0.939. The van der Waals surface area contributed by atoms with Crippen LogP contribution in [0.4, 0.5) is 9.80 Å². The second-order valence-corrected chi connectivity index (χ2v) is 4.87. The highest BCUT2D eigenvalue weighted by molar-refractivity contribution is 7.14. The van der Waals surface area contributed by atoms with Gasteiger partial charge in [-0.25, -0.2) is 9.59 Å². The largest absolute Gasteiger partial charge is 0.478 e. The molecule has 2 amide bonds. The third-order valence-corrected chi connectivity index (χ3v) is 3.39. The van der Waals surface area contributed by atoms with E-state index in [1.807, 2.05) is 7.05 Å². The molecule has 0 aliphatic rings. The van der Waals surface area contributed by atoms with Crippen molar-refractivity contribution in [3.63, 3.8) is 0 Å². The van der Waals surface area contributed by atoms with Crippen LogP contribution < -0.4 is 10.6 Å². The number of aryl methyl sites for hydroxylation is 1. The molecule has 0 spiro atoms. The van der Waals surface area contributed by atoms with Crippen molar-refractivity contribution in [2.75, 3.05) is 11.9 Å². The van der Waals surface area contributed by atoms with E-state index in [0.29, 0.717) is 18.0 Å². The maximum Gasteiger partial charge on any atom is 0.338 e. The number of amides is 2. The van der Waals surface area contributed by atoms with Gasteiger partial charge in [0.25, 0.3) is 0 Å². The fraction of sp³-hybridized carbons (Fsp3) is 0.273. The Balaban J connectivity index is 1.82. The summed E-state index contributed by atoms with van der Waals surface area (Å²) in [5.41, 5.74) is 0.0819. The molecule has 2 rings (SSSR count). The minimum absolute atomic E-state index is 0.0819. The van der Waals surface area contributed by atoms with Gasteiger partial charge < -0.3 is 15.0 Å². The van der Waals surface area contributed by atoms with Gasteiger partial charge in [0.15, 0.2) is 0 Å². The van der Waals surface area contributed by atoms with Crippen LogP contribution in [0.25, 0.3) is 0 Å².